The van der Waals surface area contributed by atoms with Crippen molar-refractivity contribution in [1.29, 1.82) is 0 Å². The number of hydrogen-bond donors (Lipinski definition) is 0. The molecule has 0 aromatic carbocycles. The van der Waals surface area contributed by atoms with Gasteiger partial charge in [0, 0.05) is 12.1 Å². The Bertz CT molecular complexity index is 177. The predicted molar refractivity (Wildman–Crippen MR) is 48.4 cm³/mol. The van der Waals surface area contributed by atoms with Crippen LogP contribution >= 0.6 is 0 Å². The van der Waals surface area contributed by atoms with Gasteiger partial charge in [-0.15, -0.1) is 0 Å². The lowest BCUT2D eigenvalue weighted by molar-refractivity contribution is -0.693. The molecule has 1 heteroatoms. The lowest BCUT2D eigenvalue weighted by atomic mass is 10.3. The highest BCUT2D eigenvalue weighted by Gasteiger charge is 1.90. The molecule has 0 aliphatic heterocycles. The quantitative estimate of drug-likeness (QED) is 0.544. The fraction of sp³-hybridized carbons (Fsp3) is 0.500. The zero-order valence-electron chi connectivity index (χ0n) is 7.96. The van der Waals surface area contributed by atoms with Crippen molar-refractivity contribution < 1.29 is 4.57 Å². The van der Waals surface area contributed by atoms with E-state index in [9.17, 15) is 0 Å². The molecule has 0 aliphatic carbocycles. The van der Waals surface area contributed by atoms with Crippen LogP contribution in [0, 0.1) is 6.92 Å². The monoisotopic (exact) mass is 152 g/mol. The second kappa shape index (κ2) is 5.90. The Kier molecular flexibility index (Phi) is 5.44. The molecule has 0 bridgehead atoms. The Labute approximate surface area is 69.7 Å². The van der Waals surface area contributed by atoms with Crippen molar-refractivity contribution >= 4 is 0 Å². The molecule has 0 saturated carbocycles. The Hall–Kier alpha value is -0.850. The summed E-state index contributed by atoms with van der Waals surface area (Å²) < 4.78 is 2.15. The predicted octanol–water partition coefficient (Wildman–Crippen LogP) is 2.33. The topological polar surface area (TPSA) is 3.88 Å². The fourth-order valence-electron chi connectivity index (χ4n) is 0.743. The highest BCUT2D eigenvalue weighted by molar-refractivity contribution is 5.02. The van der Waals surface area contributed by atoms with E-state index < -0.39 is 0 Å². The molecule has 0 atom stereocenters. The van der Waals surface area contributed by atoms with E-state index in [-0.39, 0.29) is 0 Å². The highest BCUT2D eigenvalue weighted by atomic mass is 14.9. The van der Waals surface area contributed by atoms with Gasteiger partial charge in [-0.05, 0) is 19.4 Å². The van der Waals surface area contributed by atoms with Gasteiger partial charge in [-0.2, -0.15) is 0 Å². The summed E-state index contributed by atoms with van der Waals surface area (Å²) in [5.74, 6) is 0. The summed E-state index contributed by atoms with van der Waals surface area (Å²) in [4.78, 5) is 0. The van der Waals surface area contributed by atoms with Gasteiger partial charge >= 0.3 is 0 Å². The standard InChI is InChI=1S/C8H12N.C2H6/c1-3-9-6-4-8(2)5-7-9;1-2/h4-7H,3H2,1-2H3;1-2H3/q+1;. The molecule has 11 heavy (non-hydrogen) atoms. The molecule has 0 spiro atoms. The van der Waals surface area contributed by atoms with Crippen LogP contribution in [0.1, 0.15) is 26.3 Å². The summed E-state index contributed by atoms with van der Waals surface area (Å²) in [6, 6.07) is 4.23. The molecule has 62 valence electrons. The first-order valence-corrected chi connectivity index (χ1v) is 4.28. The SMILES string of the molecule is CC.CC[n+]1ccc(C)cc1. The minimum absolute atomic E-state index is 1.06. The van der Waals surface area contributed by atoms with Crippen molar-refractivity contribution in [2.75, 3.05) is 0 Å². The molecule has 0 radical (unpaired) electrons. The largest absolute Gasteiger partial charge is 0.205 e. The lowest BCUT2D eigenvalue weighted by Crippen LogP contribution is -2.30. The van der Waals surface area contributed by atoms with Crippen LogP contribution in [0.3, 0.4) is 0 Å². The average molecular weight is 152 g/mol. The molecule has 0 saturated heterocycles. The van der Waals surface area contributed by atoms with E-state index in [0.717, 1.165) is 6.54 Å². The van der Waals surface area contributed by atoms with E-state index >= 15 is 0 Å². The third-order valence-corrected chi connectivity index (χ3v) is 1.42. The summed E-state index contributed by atoms with van der Waals surface area (Å²) >= 11 is 0. The minimum atomic E-state index is 1.06. The number of rotatable bonds is 1. The summed E-state index contributed by atoms with van der Waals surface area (Å²) in [6.45, 7) is 9.29. The van der Waals surface area contributed by atoms with Gasteiger partial charge in [0.2, 0.25) is 0 Å². The van der Waals surface area contributed by atoms with Gasteiger partial charge in [-0.3, -0.25) is 0 Å². The van der Waals surface area contributed by atoms with Crippen LogP contribution in [0.15, 0.2) is 24.5 Å². The van der Waals surface area contributed by atoms with E-state index in [1.54, 1.807) is 0 Å². The van der Waals surface area contributed by atoms with Crippen LogP contribution in [0.2, 0.25) is 0 Å². The molecule has 1 aromatic rings. The maximum atomic E-state index is 2.15. The number of pyridine rings is 1. The van der Waals surface area contributed by atoms with Gasteiger partial charge in [0.05, 0.1) is 0 Å². The Morgan fingerprint density at radius 3 is 2.00 bits per heavy atom. The minimum Gasteiger partial charge on any atom is -0.205 e. The number of nitrogens with zero attached hydrogens (tertiary/aromatic N) is 1. The molecule has 1 nitrogen and oxygen atoms in total. The summed E-state index contributed by atoms with van der Waals surface area (Å²) in [5.41, 5.74) is 1.32. The Morgan fingerprint density at radius 1 is 1.18 bits per heavy atom. The molecule has 0 fully saturated rings. The summed E-state index contributed by atoms with van der Waals surface area (Å²) in [7, 11) is 0. The Morgan fingerprint density at radius 2 is 1.64 bits per heavy atom. The Balaban J connectivity index is 0.000000461. The van der Waals surface area contributed by atoms with E-state index in [0.29, 0.717) is 0 Å². The molecule has 0 amide bonds. The smallest absolute Gasteiger partial charge is 0.169 e. The molecule has 0 aliphatic rings. The lowest BCUT2D eigenvalue weighted by Gasteiger charge is -1.89. The maximum absolute atomic E-state index is 2.15. The third-order valence-electron chi connectivity index (χ3n) is 1.42. The summed E-state index contributed by atoms with van der Waals surface area (Å²) in [6.07, 6.45) is 4.19. The van der Waals surface area contributed by atoms with E-state index in [2.05, 4.69) is 42.9 Å². The van der Waals surface area contributed by atoms with Crippen LogP contribution in [0.4, 0.5) is 0 Å². The van der Waals surface area contributed by atoms with Gasteiger partial charge < -0.3 is 0 Å². The molecule has 1 rings (SSSR count). The highest BCUT2D eigenvalue weighted by Crippen LogP contribution is 1.88. The molecular weight excluding hydrogens is 134 g/mol. The molecular formula is C10H18N+. The number of aryl methyl sites for hydroxylation is 2. The zero-order valence-corrected chi connectivity index (χ0v) is 7.96. The zero-order chi connectivity index (χ0) is 8.69. The second-order valence-corrected chi connectivity index (χ2v) is 2.21. The van der Waals surface area contributed by atoms with Crippen molar-refractivity contribution in [3.05, 3.63) is 30.1 Å². The first-order chi connectivity index (χ1) is 5.33. The van der Waals surface area contributed by atoms with E-state index in [1.165, 1.54) is 5.56 Å². The van der Waals surface area contributed by atoms with Crippen LogP contribution in [-0.2, 0) is 6.54 Å². The normalized spacial score (nSPS) is 8.36. The first kappa shape index (κ1) is 10.2. The van der Waals surface area contributed by atoms with Crippen molar-refractivity contribution in [1.82, 2.24) is 0 Å². The van der Waals surface area contributed by atoms with Gasteiger partial charge in [0.15, 0.2) is 12.4 Å². The average Bonchev–Trinajstić information content (AvgIpc) is 2.10. The van der Waals surface area contributed by atoms with Crippen LogP contribution in [-0.4, -0.2) is 0 Å². The molecule has 1 aromatic heterocycles. The molecule has 0 N–H and O–H groups in total. The first-order valence-electron chi connectivity index (χ1n) is 4.28. The van der Waals surface area contributed by atoms with Gasteiger partial charge in [-0.25, -0.2) is 4.57 Å². The molecule has 0 unspecified atom stereocenters. The van der Waals surface area contributed by atoms with Crippen LogP contribution < -0.4 is 4.57 Å². The van der Waals surface area contributed by atoms with Gasteiger partial charge in [0.25, 0.3) is 0 Å². The van der Waals surface area contributed by atoms with Crippen LogP contribution in [0.5, 0.6) is 0 Å². The summed E-state index contributed by atoms with van der Waals surface area (Å²) in [5, 5.41) is 0. The fourth-order valence-corrected chi connectivity index (χ4v) is 0.743. The third kappa shape index (κ3) is 3.76. The van der Waals surface area contributed by atoms with Crippen molar-refractivity contribution in [3.63, 3.8) is 0 Å². The van der Waals surface area contributed by atoms with Gasteiger partial charge in [0.1, 0.15) is 6.54 Å². The maximum Gasteiger partial charge on any atom is 0.169 e. The number of aromatic nitrogens is 1. The van der Waals surface area contributed by atoms with E-state index in [4.69, 9.17) is 0 Å². The van der Waals surface area contributed by atoms with Crippen LogP contribution in [0.25, 0.3) is 0 Å². The van der Waals surface area contributed by atoms with Gasteiger partial charge in [-0.1, -0.05) is 13.8 Å². The van der Waals surface area contributed by atoms with Crippen molar-refractivity contribution in [2.24, 2.45) is 0 Å². The van der Waals surface area contributed by atoms with Crippen molar-refractivity contribution in [2.45, 2.75) is 34.2 Å². The molecule has 1 heterocycles. The second-order valence-electron chi connectivity index (χ2n) is 2.21. The van der Waals surface area contributed by atoms with E-state index in [1.807, 2.05) is 13.8 Å². The van der Waals surface area contributed by atoms with Crippen molar-refractivity contribution in [3.8, 4) is 0 Å². The number of hydrogen-bond acceptors (Lipinski definition) is 0.